The van der Waals surface area contributed by atoms with Crippen LogP contribution in [0.25, 0.3) is 11.3 Å². The zero-order valence-corrected chi connectivity index (χ0v) is 15.0. The van der Waals surface area contributed by atoms with Crippen LogP contribution in [0.2, 0.25) is 10.0 Å². The molecule has 1 amide bonds. The second-order valence-corrected chi connectivity index (χ2v) is 7.73. The molecule has 0 spiro atoms. The summed E-state index contributed by atoms with van der Waals surface area (Å²) in [4.78, 5) is 18.8. The zero-order chi connectivity index (χ0) is 16.6. The predicted octanol–water partition coefficient (Wildman–Crippen LogP) is 4.07. The Morgan fingerprint density at radius 1 is 1.35 bits per heavy atom. The number of benzene rings is 1. The molecule has 1 aromatic carbocycles. The second-order valence-electron chi connectivity index (χ2n) is 6.09. The number of carbonyl (C=O) groups excluding carboxylic acids is 1. The van der Waals surface area contributed by atoms with Crippen molar-refractivity contribution in [1.29, 1.82) is 0 Å². The lowest BCUT2D eigenvalue weighted by Gasteiger charge is -2.36. The van der Waals surface area contributed by atoms with Gasteiger partial charge in [0.25, 0.3) is 5.91 Å². The summed E-state index contributed by atoms with van der Waals surface area (Å²) in [5.74, 6) is -0.0464. The van der Waals surface area contributed by atoms with E-state index in [1.165, 1.54) is 11.3 Å². The van der Waals surface area contributed by atoms with E-state index in [1.54, 1.807) is 6.07 Å². The number of rotatable bonds is 2. The summed E-state index contributed by atoms with van der Waals surface area (Å²) < 4.78 is 0. The van der Waals surface area contributed by atoms with Crippen LogP contribution in [0.3, 0.4) is 0 Å². The topological polar surface area (TPSA) is 59.2 Å². The number of piperidine rings is 1. The average Bonchev–Trinajstić information content (AvgIpc) is 2.99. The largest absolute Gasteiger partial charge is 0.336 e. The van der Waals surface area contributed by atoms with Crippen LogP contribution in [0.15, 0.2) is 23.6 Å². The maximum Gasteiger partial charge on any atom is 0.282 e. The lowest BCUT2D eigenvalue weighted by molar-refractivity contribution is 0.0681. The summed E-state index contributed by atoms with van der Waals surface area (Å²) in [6.45, 7) is 3.36. The second kappa shape index (κ2) is 6.40. The number of nitrogens with zero attached hydrogens (tertiary/aromatic N) is 2. The van der Waals surface area contributed by atoms with Crippen LogP contribution in [0, 0.1) is 0 Å². The minimum Gasteiger partial charge on any atom is -0.336 e. The molecule has 0 radical (unpaired) electrons. The van der Waals surface area contributed by atoms with E-state index in [9.17, 15) is 4.79 Å². The third-order valence-electron chi connectivity index (χ3n) is 4.11. The Morgan fingerprint density at radius 2 is 2.04 bits per heavy atom. The van der Waals surface area contributed by atoms with Gasteiger partial charge in [-0.3, -0.25) is 4.79 Å². The van der Waals surface area contributed by atoms with Crippen molar-refractivity contribution in [3.8, 4) is 11.3 Å². The van der Waals surface area contributed by atoms with Gasteiger partial charge in [0.1, 0.15) is 0 Å². The van der Waals surface area contributed by atoms with Crippen molar-refractivity contribution >= 4 is 40.4 Å². The molecule has 1 aliphatic rings. The number of likely N-dealkylation sites (tertiary alicyclic amines) is 1. The van der Waals surface area contributed by atoms with E-state index in [0.29, 0.717) is 33.8 Å². The van der Waals surface area contributed by atoms with Crippen LogP contribution in [0.5, 0.6) is 0 Å². The molecule has 7 heteroatoms. The Hall–Kier alpha value is -1.14. The van der Waals surface area contributed by atoms with Gasteiger partial charge in [0.2, 0.25) is 0 Å². The maximum absolute atomic E-state index is 12.6. The number of aromatic nitrogens is 1. The molecular weight excluding hydrogens is 353 g/mol. The molecule has 1 fully saturated rings. The fraction of sp³-hybridized carbons (Fsp3) is 0.375. The van der Waals surface area contributed by atoms with Gasteiger partial charge in [0.05, 0.1) is 15.7 Å². The molecule has 0 saturated carbocycles. The zero-order valence-electron chi connectivity index (χ0n) is 12.7. The summed E-state index contributed by atoms with van der Waals surface area (Å²) in [6, 6.07) is 5.39. The molecule has 0 atom stereocenters. The fourth-order valence-corrected chi connectivity index (χ4v) is 3.73. The predicted molar refractivity (Wildman–Crippen MR) is 95.3 cm³/mol. The molecule has 2 heterocycles. The molecule has 4 nitrogen and oxygen atoms in total. The minimum atomic E-state index is -0.181. The first-order valence-electron chi connectivity index (χ1n) is 7.35. The van der Waals surface area contributed by atoms with Gasteiger partial charge in [0.15, 0.2) is 5.01 Å². The van der Waals surface area contributed by atoms with E-state index < -0.39 is 0 Å². The van der Waals surface area contributed by atoms with Crippen LogP contribution in [-0.2, 0) is 0 Å². The van der Waals surface area contributed by atoms with Crippen LogP contribution in [-0.4, -0.2) is 34.4 Å². The van der Waals surface area contributed by atoms with Crippen LogP contribution in [0.1, 0.15) is 29.6 Å². The van der Waals surface area contributed by atoms with Crippen molar-refractivity contribution in [2.75, 3.05) is 13.1 Å². The molecule has 3 rings (SSSR count). The fourth-order valence-electron chi connectivity index (χ4n) is 2.55. The molecule has 1 saturated heterocycles. The van der Waals surface area contributed by atoms with E-state index in [-0.39, 0.29) is 11.4 Å². The standard InChI is InChI=1S/C16H17Cl2N3OS/c1-16(19)5-7-21(8-6-16)15(22)14-20-12(9-23-14)10-3-2-4-11(17)13(10)18/h2-4,9H,5-8,19H2,1H3. The first-order chi connectivity index (χ1) is 10.9. The Morgan fingerprint density at radius 3 is 2.74 bits per heavy atom. The number of hydrogen-bond acceptors (Lipinski definition) is 4. The smallest absolute Gasteiger partial charge is 0.282 e. The van der Waals surface area contributed by atoms with Gasteiger partial charge in [-0.15, -0.1) is 11.3 Å². The highest BCUT2D eigenvalue weighted by Crippen LogP contribution is 2.34. The van der Waals surface area contributed by atoms with Gasteiger partial charge in [-0.05, 0) is 25.8 Å². The maximum atomic E-state index is 12.6. The van der Waals surface area contributed by atoms with Crippen molar-refractivity contribution < 1.29 is 4.79 Å². The third-order valence-corrected chi connectivity index (χ3v) is 5.76. The minimum absolute atomic E-state index is 0.0464. The number of halogens is 2. The van der Waals surface area contributed by atoms with Gasteiger partial charge in [0, 0.05) is 29.6 Å². The van der Waals surface area contributed by atoms with Crippen LogP contribution in [0.4, 0.5) is 0 Å². The number of nitrogens with two attached hydrogens (primary N) is 1. The van der Waals surface area contributed by atoms with Gasteiger partial charge in [-0.2, -0.15) is 0 Å². The van der Waals surface area contributed by atoms with Crippen molar-refractivity contribution in [2.45, 2.75) is 25.3 Å². The molecule has 2 N–H and O–H groups in total. The summed E-state index contributed by atoms with van der Waals surface area (Å²) in [5.41, 5.74) is 7.34. The number of carbonyl (C=O) groups is 1. The molecule has 1 aromatic heterocycles. The number of amides is 1. The van der Waals surface area contributed by atoms with Crippen molar-refractivity contribution in [2.24, 2.45) is 5.73 Å². The Labute approximate surface area is 149 Å². The molecule has 0 bridgehead atoms. The first-order valence-corrected chi connectivity index (χ1v) is 8.99. The lowest BCUT2D eigenvalue weighted by Crippen LogP contribution is -2.49. The lowest BCUT2D eigenvalue weighted by atomic mass is 9.91. The monoisotopic (exact) mass is 369 g/mol. The van der Waals surface area contributed by atoms with Gasteiger partial charge >= 0.3 is 0 Å². The summed E-state index contributed by atoms with van der Waals surface area (Å²) in [7, 11) is 0. The normalized spacial score (nSPS) is 17.3. The summed E-state index contributed by atoms with van der Waals surface area (Å²) in [5, 5.41) is 3.23. The SMILES string of the molecule is CC1(N)CCN(C(=O)c2nc(-c3cccc(Cl)c3Cl)cs2)CC1. The highest BCUT2D eigenvalue weighted by Gasteiger charge is 2.30. The van der Waals surface area contributed by atoms with Crippen LogP contribution < -0.4 is 5.73 Å². The number of thiazole rings is 1. The summed E-state index contributed by atoms with van der Waals surface area (Å²) >= 11 is 13.6. The van der Waals surface area contributed by atoms with Gasteiger partial charge in [-0.25, -0.2) is 4.98 Å². The Balaban J connectivity index is 1.79. The van der Waals surface area contributed by atoms with E-state index >= 15 is 0 Å². The third kappa shape index (κ3) is 3.53. The van der Waals surface area contributed by atoms with Crippen LogP contribution >= 0.6 is 34.5 Å². The molecular formula is C16H17Cl2N3OS. The molecule has 1 aliphatic heterocycles. The van der Waals surface area contributed by atoms with E-state index in [0.717, 1.165) is 18.4 Å². The Kier molecular flexibility index (Phi) is 4.65. The first kappa shape index (κ1) is 16.7. The molecule has 2 aromatic rings. The van der Waals surface area contributed by atoms with E-state index in [2.05, 4.69) is 4.98 Å². The average molecular weight is 370 g/mol. The van der Waals surface area contributed by atoms with E-state index in [4.69, 9.17) is 28.9 Å². The van der Waals surface area contributed by atoms with Crippen molar-refractivity contribution in [3.05, 3.63) is 38.6 Å². The quantitative estimate of drug-likeness (QED) is 0.867. The van der Waals surface area contributed by atoms with Gasteiger partial charge < -0.3 is 10.6 Å². The molecule has 0 unspecified atom stereocenters. The highest BCUT2D eigenvalue weighted by atomic mass is 35.5. The molecule has 0 aliphatic carbocycles. The highest BCUT2D eigenvalue weighted by molar-refractivity contribution is 7.12. The van der Waals surface area contributed by atoms with Crippen molar-refractivity contribution in [1.82, 2.24) is 9.88 Å². The van der Waals surface area contributed by atoms with Gasteiger partial charge in [-0.1, -0.05) is 35.3 Å². The Bertz CT molecular complexity index is 735. The number of hydrogen-bond donors (Lipinski definition) is 1. The van der Waals surface area contributed by atoms with E-state index in [1.807, 2.05) is 29.3 Å². The summed E-state index contributed by atoms with van der Waals surface area (Å²) in [6.07, 6.45) is 1.61. The molecule has 122 valence electrons. The van der Waals surface area contributed by atoms with Crippen molar-refractivity contribution in [3.63, 3.8) is 0 Å². The molecule has 23 heavy (non-hydrogen) atoms.